The predicted molar refractivity (Wildman–Crippen MR) is 63.3 cm³/mol. The van der Waals surface area contributed by atoms with E-state index < -0.39 is 0 Å². The Morgan fingerprint density at radius 2 is 2.33 bits per heavy atom. The fourth-order valence-corrected chi connectivity index (χ4v) is 1.92. The number of hydrogen-bond donors (Lipinski definition) is 2. The largest absolute Gasteiger partial charge is 0.330 e. The Hall–Kier alpha value is -0.810. The fraction of sp³-hybridized carbons (Fsp3) is 0.600. The van der Waals surface area contributed by atoms with E-state index in [0.717, 1.165) is 17.9 Å². The summed E-state index contributed by atoms with van der Waals surface area (Å²) < 4.78 is 0. The second-order valence-electron chi connectivity index (χ2n) is 3.62. The summed E-state index contributed by atoms with van der Waals surface area (Å²) in [6.07, 6.45) is 0.931. The molecule has 3 N–H and O–H groups in total. The maximum atomic E-state index is 11.3. The van der Waals surface area contributed by atoms with Gasteiger partial charge in [-0.25, -0.2) is 4.98 Å². The SMILES string of the molecule is CC(C)c1cc(=O)[nH]c(SCCCN)n1. The molecule has 0 amide bonds. The highest BCUT2D eigenvalue weighted by molar-refractivity contribution is 7.99. The number of nitrogens with zero attached hydrogens (tertiary/aromatic N) is 1. The van der Waals surface area contributed by atoms with E-state index >= 15 is 0 Å². The summed E-state index contributed by atoms with van der Waals surface area (Å²) in [5.41, 5.74) is 6.16. The third-order valence-corrected chi connectivity index (χ3v) is 2.88. The summed E-state index contributed by atoms with van der Waals surface area (Å²) in [7, 11) is 0. The molecule has 0 aromatic carbocycles. The number of thioether (sulfide) groups is 1. The number of aromatic nitrogens is 2. The molecule has 0 bridgehead atoms. The van der Waals surface area contributed by atoms with Crippen molar-refractivity contribution in [1.82, 2.24) is 9.97 Å². The summed E-state index contributed by atoms with van der Waals surface area (Å²) in [4.78, 5) is 18.4. The molecule has 1 aromatic rings. The van der Waals surface area contributed by atoms with Crippen molar-refractivity contribution in [3.8, 4) is 0 Å². The van der Waals surface area contributed by atoms with Crippen LogP contribution >= 0.6 is 11.8 Å². The maximum absolute atomic E-state index is 11.3. The smallest absolute Gasteiger partial charge is 0.251 e. The quantitative estimate of drug-likeness (QED) is 0.452. The van der Waals surface area contributed by atoms with Crippen molar-refractivity contribution < 1.29 is 0 Å². The van der Waals surface area contributed by atoms with Gasteiger partial charge in [-0.05, 0) is 18.9 Å². The van der Waals surface area contributed by atoms with Gasteiger partial charge < -0.3 is 10.7 Å². The topological polar surface area (TPSA) is 71.8 Å². The van der Waals surface area contributed by atoms with E-state index in [1.165, 1.54) is 0 Å². The molecule has 0 fully saturated rings. The third-order valence-electron chi connectivity index (χ3n) is 1.92. The highest BCUT2D eigenvalue weighted by Crippen LogP contribution is 2.15. The minimum atomic E-state index is -0.0797. The first-order chi connectivity index (χ1) is 7.13. The lowest BCUT2D eigenvalue weighted by atomic mass is 10.1. The van der Waals surface area contributed by atoms with E-state index in [2.05, 4.69) is 9.97 Å². The lowest BCUT2D eigenvalue weighted by Gasteiger charge is -2.05. The van der Waals surface area contributed by atoms with Gasteiger partial charge in [-0.3, -0.25) is 4.79 Å². The van der Waals surface area contributed by atoms with Gasteiger partial charge in [-0.15, -0.1) is 0 Å². The van der Waals surface area contributed by atoms with Crippen molar-refractivity contribution in [1.29, 1.82) is 0 Å². The van der Waals surface area contributed by atoms with Crippen LogP contribution in [-0.2, 0) is 0 Å². The highest BCUT2D eigenvalue weighted by atomic mass is 32.2. The second kappa shape index (κ2) is 5.92. The van der Waals surface area contributed by atoms with E-state index in [9.17, 15) is 4.79 Å². The molecule has 1 aromatic heterocycles. The van der Waals surface area contributed by atoms with Gasteiger partial charge in [0.15, 0.2) is 5.16 Å². The fourth-order valence-electron chi connectivity index (χ4n) is 1.07. The molecule has 0 aliphatic heterocycles. The van der Waals surface area contributed by atoms with Gasteiger partial charge in [0, 0.05) is 11.8 Å². The van der Waals surface area contributed by atoms with Crippen LogP contribution in [0.1, 0.15) is 31.9 Å². The van der Waals surface area contributed by atoms with Gasteiger partial charge >= 0.3 is 0 Å². The van der Waals surface area contributed by atoms with Crippen LogP contribution in [0, 0.1) is 0 Å². The second-order valence-corrected chi connectivity index (χ2v) is 4.70. The minimum absolute atomic E-state index is 0.0797. The van der Waals surface area contributed by atoms with E-state index in [0.29, 0.717) is 11.7 Å². The molecule has 84 valence electrons. The molecule has 1 heterocycles. The Labute approximate surface area is 93.7 Å². The van der Waals surface area contributed by atoms with Gasteiger partial charge in [0.25, 0.3) is 5.56 Å². The number of nitrogens with two attached hydrogens (primary N) is 1. The summed E-state index contributed by atoms with van der Waals surface area (Å²) in [6.45, 7) is 4.72. The number of nitrogens with one attached hydrogen (secondary N) is 1. The molecule has 4 nitrogen and oxygen atoms in total. The number of H-pyrrole nitrogens is 1. The Balaban J connectivity index is 2.75. The van der Waals surface area contributed by atoms with Crippen LogP contribution < -0.4 is 11.3 Å². The normalized spacial score (nSPS) is 10.9. The van der Waals surface area contributed by atoms with Crippen LogP contribution in [0.25, 0.3) is 0 Å². The molecule has 0 saturated heterocycles. The van der Waals surface area contributed by atoms with E-state index in [4.69, 9.17) is 5.73 Å². The highest BCUT2D eigenvalue weighted by Gasteiger charge is 2.05. The van der Waals surface area contributed by atoms with E-state index in [1.54, 1.807) is 17.8 Å². The van der Waals surface area contributed by atoms with Gasteiger partial charge in [0.2, 0.25) is 0 Å². The first kappa shape index (κ1) is 12.3. The standard InChI is InChI=1S/C10H17N3OS/c1-7(2)8-6-9(14)13-10(12-8)15-5-3-4-11/h6-7H,3-5,11H2,1-2H3,(H,12,13,14). The molecule has 0 aliphatic rings. The molecular weight excluding hydrogens is 210 g/mol. The molecular formula is C10H17N3OS. The number of rotatable bonds is 5. The summed E-state index contributed by atoms with van der Waals surface area (Å²) >= 11 is 1.54. The van der Waals surface area contributed by atoms with Crippen molar-refractivity contribution in [2.24, 2.45) is 5.73 Å². The van der Waals surface area contributed by atoms with Crippen molar-refractivity contribution in [2.45, 2.75) is 31.3 Å². The molecule has 1 rings (SSSR count). The molecule has 5 heteroatoms. The zero-order chi connectivity index (χ0) is 11.3. The van der Waals surface area contributed by atoms with E-state index in [1.807, 2.05) is 13.8 Å². The molecule has 0 radical (unpaired) electrons. The van der Waals surface area contributed by atoms with Crippen LogP contribution in [0.4, 0.5) is 0 Å². The molecule has 0 atom stereocenters. The van der Waals surface area contributed by atoms with Crippen LogP contribution in [0.2, 0.25) is 0 Å². The van der Waals surface area contributed by atoms with E-state index in [-0.39, 0.29) is 11.5 Å². The summed E-state index contributed by atoms with van der Waals surface area (Å²) in [5.74, 6) is 1.17. The Morgan fingerprint density at radius 3 is 2.93 bits per heavy atom. The summed E-state index contributed by atoms with van der Waals surface area (Å²) in [5, 5.41) is 0.694. The molecule has 15 heavy (non-hydrogen) atoms. The zero-order valence-corrected chi connectivity index (χ0v) is 9.93. The average Bonchev–Trinajstić information content (AvgIpc) is 2.17. The predicted octanol–water partition coefficient (Wildman–Crippen LogP) is 1.33. The van der Waals surface area contributed by atoms with Crippen LogP contribution in [-0.4, -0.2) is 22.3 Å². The van der Waals surface area contributed by atoms with Crippen molar-refractivity contribution in [3.05, 3.63) is 22.1 Å². The van der Waals surface area contributed by atoms with Crippen molar-refractivity contribution in [3.63, 3.8) is 0 Å². The molecule has 0 unspecified atom stereocenters. The van der Waals surface area contributed by atoms with Gasteiger partial charge in [-0.1, -0.05) is 25.6 Å². The van der Waals surface area contributed by atoms with Gasteiger partial charge in [-0.2, -0.15) is 0 Å². The first-order valence-corrected chi connectivity index (χ1v) is 6.06. The Morgan fingerprint density at radius 1 is 1.60 bits per heavy atom. The number of aromatic amines is 1. The maximum Gasteiger partial charge on any atom is 0.251 e. The van der Waals surface area contributed by atoms with Crippen LogP contribution in [0.3, 0.4) is 0 Å². The lowest BCUT2D eigenvalue weighted by molar-refractivity contribution is 0.769. The third kappa shape index (κ3) is 4.05. The number of hydrogen-bond acceptors (Lipinski definition) is 4. The summed E-state index contributed by atoms with van der Waals surface area (Å²) in [6, 6.07) is 1.55. The molecule has 0 spiro atoms. The van der Waals surface area contributed by atoms with Crippen molar-refractivity contribution in [2.75, 3.05) is 12.3 Å². The molecule has 0 aliphatic carbocycles. The van der Waals surface area contributed by atoms with Crippen LogP contribution in [0.5, 0.6) is 0 Å². The lowest BCUT2D eigenvalue weighted by Crippen LogP contribution is -2.11. The molecule has 0 saturated carbocycles. The first-order valence-electron chi connectivity index (χ1n) is 5.07. The van der Waals surface area contributed by atoms with Gasteiger partial charge in [0.1, 0.15) is 0 Å². The average molecular weight is 227 g/mol. The van der Waals surface area contributed by atoms with Crippen LogP contribution in [0.15, 0.2) is 16.0 Å². The minimum Gasteiger partial charge on any atom is -0.330 e. The van der Waals surface area contributed by atoms with Gasteiger partial charge in [0.05, 0.1) is 5.69 Å². The zero-order valence-electron chi connectivity index (χ0n) is 9.12. The van der Waals surface area contributed by atoms with Crippen molar-refractivity contribution >= 4 is 11.8 Å². The Kier molecular flexibility index (Phi) is 4.84. The monoisotopic (exact) mass is 227 g/mol. The Bertz CT molecular complexity index is 362.